The second kappa shape index (κ2) is 7.31. The summed E-state index contributed by atoms with van der Waals surface area (Å²) >= 11 is 0. The zero-order valence-corrected chi connectivity index (χ0v) is 12.5. The average molecular weight is 302 g/mol. The minimum Gasteiger partial charge on any atom is -0.493 e. The maximum Gasteiger partial charge on any atom is 0.253 e. The van der Waals surface area contributed by atoms with Gasteiger partial charge in [0.15, 0.2) is 11.5 Å². The third-order valence-corrected chi connectivity index (χ3v) is 3.03. The summed E-state index contributed by atoms with van der Waals surface area (Å²) in [6.07, 6.45) is 1.39. The third kappa shape index (κ3) is 3.88. The molecule has 0 saturated carbocycles. The van der Waals surface area contributed by atoms with E-state index in [1.54, 1.807) is 13.2 Å². The van der Waals surface area contributed by atoms with Crippen LogP contribution in [-0.4, -0.2) is 24.6 Å². The molecule has 2 aromatic rings. The highest BCUT2D eigenvalue weighted by atomic mass is 16.5. The van der Waals surface area contributed by atoms with Crippen LogP contribution in [0.2, 0.25) is 0 Å². The Morgan fingerprint density at radius 3 is 2.68 bits per heavy atom. The van der Waals surface area contributed by atoms with Gasteiger partial charge in [0.2, 0.25) is 5.56 Å². The monoisotopic (exact) mass is 302 g/mol. The molecule has 1 amide bonds. The summed E-state index contributed by atoms with van der Waals surface area (Å²) in [5.74, 6) is 1.03. The van der Waals surface area contributed by atoms with Gasteiger partial charge in [-0.15, -0.1) is 0 Å². The third-order valence-electron chi connectivity index (χ3n) is 3.03. The maximum absolute atomic E-state index is 12.0. The summed E-state index contributed by atoms with van der Waals surface area (Å²) < 4.78 is 10.7. The molecule has 0 aliphatic rings. The van der Waals surface area contributed by atoms with Crippen LogP contribution in [0.15, 0.2) is 41.3 Å². The molecule has 1 aromatic carbocycles. The van der Waals surface area contributed by atoms with Crippen LogP contribution in [-0.2, 0) is 6.54 Å². The SMILES string of the molecule is CCOc1cc(CNC(=O)c2ccc(=O)[nH]c2)ccc1OC. The van der Waals surface area contributed by atoms with Crippen molar-refractivity contribution >= 4 is 5.91 Å². The van der Waals surface area contributed by atoms with Gasteiger partial charge in [-0.2, -0.15) is 0 Å². The topological polar surface area (TPSA) is 80.4 Å². The second-order valence-electron chi connectivity index (χ2n) is 4.54. The van der Waals surface area contributed by atoms with Crippen LogP contribution in [0.4, 0.5) is 0 Å². The number of benzene rings is 1. The molecule has 0 spiro atoms. The van der Waals surface area contributed by atoms with Crippen LogP contribution in [0.5, 0.6) is 11.5 Å². The predicted molar refractivity (Wildman–Crippen MR) is 82.4 cm³/mol. The highest BCUT2D eigenvalue weighted by Crippen LogP contribution is 2.27. The molecule has 6 heteroatoms. The molecule has 0 aliphatic heterocycles. The van der Waals surface area contributed by atoms with Crippen molar-refractivity contribution in [3.63, 3.8) is 0 Å². The number of aromatic amines is 1. The van der Waals surface area contributed by atoms with Crippen molar-refractivity contribution in [1.29, 1.82) is 0 Å². The molecule has 0 aliphatic carbocycles. The van der Waals surface area contributed by atoms with Gasteiger partial charge < -0.3 is 19.8 Å². The average Bonchev–Trinajstić information content (AvgIpc) is 2.54. The lowest BCUT2D eigenvalue weighted by atomic mass is 10.2. The highest BCUT2D eigenvalue weighted by molar-refractivity contribution is 5.93. The largest absolute Gasteiger partial charge is 0.493 e. The Hall–Kier alpha value is -2.76. The van der Waals surface area contributed by atoms with Crippen LogP contribution in [0.25, 0.3) is 0 Å². The number of methoxy groups -OCH3 is 1. The van der Waals surface area contributed by atoms with E-state index in [9.17, 15) is 9.59 Å². The quantitative estimate of drug-likeness (QED) is 0.851. The van der Waals surface area contributed by atoms with E-state index in [2.05, 4.69) is 10.3 Å². The number of hydrogen-bond acceptors (Lipinski definition) is 4. The van der Waals surface area contributed by atoms with E-state index in [1.807, 2.05) is 19.1 Å². The number of rotatable bonds is 6. The van der Waals surface area contributed by atoms with Gasteiger partial charge in [-0.1, -0.05) is 6.07 Å². The molecule has 0 saturated heterocycles. The van der Waals surface area contributed by atoms with Crippen LogP contribution in [0.1, 0.15) is 22.8 Å². The van der Waals surface area contributed by atoms with E-state index in [0.29, 0.717) is 30.2 Å². The summed E-state index contributed by atoms with van der Waals surface area (Å²) in [4.78, 5) is 25.4. The van der Waals surface area contributed by atoms with Crippen molar-refractivity contribution in [2.45, 2.75) is 13.5 Å². The van der Waals surface area contributed by atoms with Crippen molar-refractivity contribution in [3.8, 4) is 11.5 Å². The molecule has 6 nitrogen and oxygen atoms in total. The summed E-state index contributed by atoms with van der Waals surface area (Å²) in [6, 6.07) is 8.28. The zero-order valence-electron chi connectivity index (χ0n) is 12.5. The number of carbonyl (C=O) groups is 1. The van der Waals surface area contributed by atoms with Gasteiger partial charge in [-0.25, -0.2) is 0 Å². The fraction of sp³-hybridized carbons (Fsp3) is 0.250. The molecule has 0 unspecified atom stereocenters. The normalized spacial score (nSPS) is 10.1. The summed E-state index contributed by atoms with van der Waals surface area (Å²) in [5, 5.41) is 2.78. The molecule has 2 N–H and O–H groups in total. The van der Waals surface area contributed by atoms with Crippen LogP contribution < -0.4 is 20.3 Å². The standard InChI is InChI=1S/C16H18N2O4/c1-3-22-14-8-11(4-6-13(14)21-2)9-18-16(20)12-5-7-15(19)17-10-12/h4-8,10H,3,9H2,1-2H3,(H,17,19)(H,18,20). The molecule has 1 heterocycles. The first-order valence-electron chi connectivity index (χ1n) is 6.90. The van der Waals surface area contributed by atoms with Crippen LogP contribution >= 0.6 is 0 Å². The lowest BCUT2D eigenvalue weighted by Crippen LogP contribution is -2.23. The van der Waals surface area contributed by atoms with Gasteiger partial charge in [0.1, 0.15) is 0 Å². The smallest absolute Gasteiger partial charge is 0.253 e. The number of H-pyrrole nitrogens is 1. The lowest BCUT2D eigenvalue weighted by Gasteiger charge is -2.11. The summed E-state index contributed by atoms with van der Waals surface area (Å²) in [5.41, 5.74) is 1.05. The Balaban J connectivity index is 2.04. The van der Waals surface area contributed by atoms with E-state index in [0.717, 1.165) is 5.56 Å². The first kappa shape index (κ1) is 15.6. The van der Waals surface area contributed by atoms with Gasteiger partial charge in [0, 0.05) is 18.8 Å². The van der Waals surface area contributed by atoms with Crippen molar-refractivity contribution in [3.05, 3.63) is 58.0 Å². The summed E-state index contributed by atoms with van der Waals surface area (Å²) in [6.45, 7) is 2.77. The molecule has 2 rings (SSSR count). The minimum absolute atomic E-state index is 0.243. The Morgan fingerprint density at radius 2 is 2.05 bits per heavy atom. The van der Waals surface area contributed by atoms with Gasteiger partial charge >= 0.3 is 0 Å². The second-order valence-corrected chi connectivity index (χ2v) is 4.54. The highest BCUT2D eigenvalue weighted by Gasteiger charge is 2.08. The molecular formula is C16H18N2O4. The fourth-order valence-corrected chi connectivity index (χ4v) is 1.94. The first-order valence-corrected chi connectivity index (χ1v) is 6.90. The molecule has 116 valence electrons. The Bertz CT molecular complexity index is 689. The molecule has 0 atom stereocenters. The maximum atomic E-state index is 12.0. The van der Waals surface area contributed by atoms with Gasteiger partial charge in [-0.05, 0) is 30.7 Å². The number of nitrogens with one attached hydrogen (secondary N) is 2. The van der Waals surface area contributed by atoms with E-state index in [1.165, 1.54) is 18.3 Å². The number of hydrogen-bond donors (Lipinski definition) is 2. The number of pyridine rings is 1. The van der Waals surface area contributed by atoms with Gasteiger partial charge in [0.05, 0.1) is 19.3 Å². The molecule has 22 heavy (non-hydrogen) atoms. The zero-order chi connectivity index (χ0) is 15.9. The van der Waals surface area contributed by atoms with Crippen molar-refractivity contribution in [1.82, 2.24) is 10.3 Å². The first-order chi connectivity index (χ1) is 10.6. The van der Waals surface area contributed by atoms with E-state index in [-0.39, 0.29) is 11.5 Å². The number of amides is 1. The molecule has 0 radical (unpaired) electrons. The van der Waals surface area contributed by atoms with E-state index < -0.39 is 0 Å². The molecule has 0 fully saturated rings. The number of carbonyl (C=O) groups excluding carboxylic acids is 1. The van der Waals surface area contributed by atoms with Gasteiger partial charge in [-0.3, -0.25) is 9.59 Å². The molecule has 0 bridgehead atoms. The lowest BCUT2D eigenvalue weighted by molar-refractivity contribution is 0.0950. The number of aromatic nitrogens is 1. The van der Waals surface area contributed by atoms with Crippen molar-refractivity contribution in [2.75, 3.05) is 13.7 Å². The molecule has 1 aromatic heterocycles. The Morgan fingerprint density at radius 1 is 1.23 bits per heavy atom. The summed E-state index contributed by atoms with van der Waals surface area (Å²) in [7, 11) is 1.58. The predicted octanol–water partition coefficient (Wildman–Crippen LogP) is 1.71. The van der Waals surface area contributed by atoms with Gasteiger partial charge in [0.25, 0.3) is 5.91 Å². The van der Waals surface area contributed by atoms with Crippen molar-refractivity contribution in [2.24, 2.45) is 0 Å². The van der Waals surface area contributed by atoms with Crippen LogP contribution in [0, 0.1) is 0 Å². The molecular weight excluding hydrogens is 284 g/mol. The van der Waals surface area contributed by atoms with E-state index in [4.69, 9.17) is 9.47 Å². The minimum atomic E-state index is -0.259. The fourth-order valence-electron chi connectivity index (χ4n) is 1.94. The Labute approximate surface area is 128 Å². The van der Waals surface area contributed by atoms with E-state index >= 15 is 0 Å². The van der Waals surface area contributed by atoms with Crippen molar-refractivity contribution < 1.29 is 14.3 Å². The Kier molecular flexibility index (Phi) is 5.19. The van der Waals surface area contributed by atoms with Crippen LogP contribution in [0.3, 0.4) is 0 Å². The number of ether oxygens (including phenoxy) is 2.